The van der Waals surface area contributed by atoms with Crippen molar-refractivity contribution in [3.63, 3.8) is 0 Å². The first kappa shape index (κ1) is 20.9. The van der Waals surface area contributed by atoms with Crippen molar-refractivity contribution in [1.29, 1.82) is 0 Å². The zero-order chi connectivity index (χ0) is 22.0. The topological polar surface area (TPSA) is 109 Å². The van der Waals surface area contributed by atoms with Gasteiger partial charge in [0, 0.05) is 23.2 Å². The van der Waals surface area contributed by atoms with Crippen LogP contribution in [0.1, 0.15) is 42.5 Å². The van der Waals surface area contributed by atoms with Gasteiger partial charge < -0.3 is 0 Å². The van der Waals surface area contributed by atoms with Gasteiger partial charge in [-0.3, -0.25) is 23.0 Å². The highest BCUT2D eigenvalue weighted by Crippen LogP contribution is 2.51. The van der Waals surface area contributed by atoms with E-state index in [2.05, 4.69) is 9.71 Å². The lowest BCUT2D eigenvalue weighted by atomic mass is 10.2. The molecule has 3 N–H and O–H groups in total. The summed E-state index contributed by atoms with van der Waals surface area (Å²) in [5, 5.41) is 1.19. The van der Waals surface area contributed by atoms with Crippen molar-refractivity contribution in [2.75, 3.05) is 0 Å². The quantitative estimate of drug-likeness (QED) is 0.495. The number of aromatic nitrogens is 3. The molecule has 0 saturated heterocycles. The second-order valence-corrected chi connectivity index (χ2v) is 12.1. The van der Waals surface area contributed by atoms with Crippen molar-refractivity contribution in [1.82, 2.24) is 18.8 Å². The lowest BCUT2D eigenvalue weighted by Gasteiger charge is -2.36. The molecule has 2 saturated carbocycles. The molecule has 0 spiro atoms. The fraction of sp³-hybridized carbons (Fsp3) is 0.476. The summed E-state index contributed by atoms with van der Waals surface area (Å²) in [6, 6.07) is 4.81. The zero-order valence-corrected chi connectivity index (χ0v) is 19.1. The Balaban J connectivity index is 1.65. The van der Waals surface area contributed by atoms with Crippen LogP contribution in [-0.2, 0) is 13.1 Å². The number of benzene rings is 1. The Hall–Kier alpha value is -1.98. The van der Waals surface area contributed by atoms with Crippen LogP contribution in [0.25, 0.3) is 10.9 Å². The van der Waals surface area contributed by atoms with Crippen LogP contribution in [0.15, 0.2) is 38.9 Å². The third-order valence-corrected chi connectivity index (χ3v) is 8.62. The maximum Gasteiger partial charge on any atom is 0.331 e. The normalized spacial score (nSPS) is 18.5. The highest BCUT2D eigenvalue weighted by Gasteiger charge is 2.41. The molecule has 2 aromatic heterocycles. The molecule has 0 amide bonds. The molecule has 0 atom stereocenters. The molecule has 2 fully saturated rings. The van der Waals surface area contributed by atoms with Crippen molar-refractivity contribution in [2.45, 2.75) is 63.1 Å². The summed E-state index contributed by atoms with van der Waals surface area (Å²) in [5.41, 5.74) is -0.510. The summed E-state index contributed by atoms with van der Waals surface area (Å²) >= 11 is 1.45. The Morgan fingerprint density at radius 2 is 2.00 bits per heavy atom. The molecular weight excluding hydrogens is 436 g/mol. The van der Waals surface area contributed by atoms with Crippen LogP contribution in [0.4, 0.5) is 0 Å². The lowest BCUT2D eigenvalue weighted by Crippen LogP contribution is -2.40. The third-order valence-electron chi connectivity index (χ3n) is 6.03. The van der Waals surface area contributed by atoms with Crippen LogP contribution >= 0.6 is 22.1 Å². The summed E-state index contributed by atoms with van der Waals surface area (Å²) in [6.07, 6.45) is 5.58. The first-order valence-corrected chi connectivity index (χ1v) is 12.8. The maximum absolute atomic E-state index is 13.4. The average Bonchev–Trinajstić information content (AvgIpc) is 3.63. The molecule has 3 aromatic rings. The zero-order valence-electron chi connectivity index (χ0n) is 17.5. The van der Waals surface area contributed by atoms with Gasteiger partial charge in [0.15, 0.2) is 0 Å². The van der Waals surface area contributed by atoms with Crippen LogP contribution < -0.4 is 16.0 Å². The third kappa shape index (κ3) is 4.10. The molecule has 2 aliphatic rings. The molecule has 0 aliphatic heterocycles. The van der Waals surface area contributed by atoms with Gasteiger partial charge >= 0.3 is 5.69 Å². The van der Waals surface area contributed by atoms with E-state index in [9.17, 15) is 18.7 Å². The molecule has 2 aliphatic carbocycles. The standard InChI is InChI=1S/C21H26N4O4S2/c1-13-22-10-15(30-13)12-25-19(26)17-9-16(31(28,29)23-21(2)7-8-21)5-6-18(17)24(20(25)27)11-14-3-4-14/h5-6,9-10,14,23,28-29H,3-4,7-8,11-12H2,1-2H3. The maximum atomic E-state index is 13.4. The molecule has 1 aromatic carbocycles. The Labute approximate surface area is 185 Å². The van der Waals surface area contributed by atoms with Crippen LogP contribution in [0.5, 0.6) is 0 Å². The van der Waals surface area contributed by atoms with E-state index in [1.54, 1.807) is 22.9 Å². The number of fused-ring (bicyclic) bond motifs is 1. The highest BCUT2D eigenvalue weighted by molar-refractivity contribution is 8.22. The molecule has 5 rings (SSSR count). The number of hydrogen-bond acceptors (Lipinski definition) is 7. The number of nitrogens with zero attached hydrogens (tertiary/aromatic N) is 3. The summed E-state index contributed by atoms with van der Waals surface area (Å²) in [6.45, 7) is 4.54. The molecule has 10 heteroatoms. The Bertz CT molecular complexity index is 1280. The smallest absolute Gasteiger partial charge is 0.293 e. The van der Waals surface area contributed by atoms with Crippen molar-refractivity contribution in [2.24, 2.45) is 5.92 Å². The van der Waals surface area contributed by atoms with Gasteiger partial charge in [0.1, 0.15) is 0 Å². The van der Waals surface area contributed by atoms with E-state index in [-0.39, 0.29) is 22.7 Å². The number of thiazole rings is 1. The van der Waals surface area contributed by atoms with Gasteiger partial charge in [0.2, 0.25) is 0 Å². The molecule has 0 unspecified atom stereocenters. The molecule has 2 heterocycles. The minimum atomic E-state index is -3.26. The van der Waals surface area contributed by atoms with E-state index in [0.717, 1.165) is 35.6 Å². The Morgan fingerprint density at radius 3 is 2.61 bits per heavy atom. The average molecular weight is 463 g/mol. The summed E-state index contributed by atoms with van der Waals surface area (Å²) < 4.78 is 27.3. The molecular formula is C21H26N4O4S2. The molecule has 0 bridgehead atoms. The van der Waals surface area contributed by atoms with E-state index < -0.39 is 16.3 Å². The second kappa shape index (κ2) is 7.28. The number of aryl methyl sites for hydroxylation is 1. The predicted molar refractivity (Wildman–Crippen MR) is 123 cm³/mol. The number of hydrogen-bond donors (Lipinski definition) is 3. The lowest BCUT2D eigenvalue weighted by molar-refractivity contribution is 0.453. The minimum absolute atomic E-state index is 0.153. The summed E-state index contributed by atoms with van der Waals surface area (Å²) in [5.74, 6) is 0.439. The van der Waals surface area contributed by atoms with E-state index >= 15 is 0 Å². The van der Waals surface area contributed by atoms with Crippen LogP contribution in [-0.4, -0.2) is 28.8 Å². The molecule has 0 radical (unpaired) electrons. The van der Waals surface area contributed by atoms with Crippen LogP contribution in [0.2, 0.25) is 0 Å². The molecule has 166 valence electrons. The van der Waals surface area contributed by atoms with Gasteiger partial charge in [-0.15, -0.1) is 22.1 Å². The van der Waals surface area contributed by atoms with Crippen molar-refractivity contribution in [3.8, 4) is 0 Å². The van der Waals surface area contributed by atoms with Crippen molar-refractivity contribution < 1.29 is 9.11 Å². The second-order valence-electron chi connectivity index (χ2n) is 8.96. The van der Waals surface area contributed by atoms with Gasteiger partial charge in [-0.2, -0.15) is 0 Å². The summed E-state index contributed by atoms with van der Waals surface area (Å²) in [7, 11) is -3.26. The number of nitrogens with one attached hydrogen (secondary N) is 1. The highest BCUT2D eigenvalue weighted by atomic mass is 32.3. The van der Waals surface area contributed by atoms with Gasteiger partial charge in [0.05, 0.1) is 27.4 Å². The Morgan fingerprint density at radius 1 is 1.26 bits per heavy atom. The van der Waals surface area contributed by atoms with E-state index in [0.29, 0.717) is 23.4 Å². The fourth-order valence-corrected chi connectivity index (χ4v) is 6.11. The van der Waals surface area contributed by atoms with Gasteiger partial charge in [-0.1, -0.05) is 0 Å². The monoisotopic (exact) mass is 462 g/mol. The predicted octanol–water partition coefficient (Wildman–Crippen LogP) is 3.55. The van der Waals surface area contributed by atoms with E-state index in [1.165, 1.54) is 22.0 Å². The van der Waals surface area contributed by atoms with Gasteiger partial charge in [-0.25, -0.2) is 14.5 Å². The van der Waals surface area contributed by atoms with Gasteiger partial charge in [-0.05, 0) is 63.6 Å². The fourth-order valence-electron chi connectivity index (χ4n) is 3.78. The molecule has 8 nitrogen and oxygen atoms in total. The van der Waals surface area contributed by atoms with E-state index in [1.807, 2.05) is 13.8 Å². The first-order valence-electron chi connectivity index (χ1n) is 10.4. The van der Waals surface area contributed by atoms with Crippen molar-refractivity contribution in [3.05, 3.63) is 55.1 Å². The number of rotatable bonds is 7. The van der Waals surface area contributed by atoms with Crippen LogP contribution in [0.3, 0.4) is 0 Å². The first-order chi connectivity index (χ1) is 14.7. The molecule has 31 heavy (non-hydrogen) atoms. The van der Waals surface area contributed by atoms with Crippen molar-refractivity contribution >= 4 is 33.0 Å². The SMILES string of the molecule is Cc1ncc(Cn2c(=O)c3cc(S(O)(O)NC4(C)CC4)ccc3n(CC3CC3)c2=O)s1. The van der Waals surface area contributed by atoms with E-state index in [4.69, 9.17) is 0 Å². The largest absolute Gasteiger partial charge is 0.331 e. The Kier molecular flexibility index (Phi) is 4.91. The summed E-state index contributed by atoms with van der Waals surface area (Å²) in [4.78, 5) is 31.9. The van der Waals surface area contributed by atoms with Crippen LogP contribution in [0, 0.1) is 12.8 Å². The van der Waals surface area contributed by atoms with Gasteiger partial charge in [0.25, 0.3) is 5.56 Å². The minimum Gasteiger partial charge on any atom is -0.293 e.